The summed E-state index contributed by atoms with van der Waals surface area (Å²) in [5.41, 5.74) is 1.89. The number of nitrogens with one attached hydrogen (secondary N) is 2. The van der Waals surface area contributed by atoms with Crippen molar-refractivity contribution in [1.29, 1.82) is 0 Å². The zero-order valence-electron chi connectivity index (χ0n) is 9.99. The third kappa shape index (κ3) is 3.20. The van der Waals surface area contributed by atoms with Crippen LogP contribution in [-0.4, -0.2) is 24.3 Å². The van der Waals surface area contributed by atoms with E-state index in [2.05, 4.69) is 10.6 Å². The molecule has 92 valence electrons. The number of aryl methyl sites for hydroxylation is 1. The van der Waals surface area contributed by atoms with Gasteiger partial charge in [0.2, 0.25) is 0 Å². The lowest BCUT2D eigenvalue weighted by atomic mass is 10.1. The van der Waals surface area contributed by atoms with E-state index in [1.54, 1.807) is 0 Å². The quantitative estimate of drug-likeness (QED) is 0.745. The minimum atomic E-state index is -0.214. The van der Waals surface area contributed by atoms with Crippen molar-refractivity contribution >= 4 is 11.7 Å². The predicted octanol–water partition coefficient (Wildman–Crippen LogP) is 1.89. The molecule has 0 unspecified atom stereocenters. The first kappa shape index (κ1) is 11.9. The van der Waals surface area contributed by atoms with E-state index < -0.39 is 0 Å². The molecule has 0 saturated heterocycles. The van der Waals surface area contributed by atoms with Crippen LogP contribution in [0.1, 0.15) is 18.4 Å². The summed E-state index contributed by atoms with van der Waals surface area (Å²) in [7, 11) is 0. The zero-order chi connectivity index (χ0) is 12.3. The molecule has 1 aromatic carbocycles. The molecule has 0 heterocycles. The number of aliphatic hydroxyl groups excluding tert-OH is 1. The Bertz CT molecular complexity index is 396. The monoisotopic (exact) mass is 234 g/mol. The highest BCUT2D eigenvalue weighted by Crippen LogP contribution is 2.44. The molecule has 1 aromatic rings. The molecule has 3 N–H and O–H groups in total. The topological polar surface area (TPSA) is 61.4 Å². The number of hydrogen-bond acceptors (Lipinski definition) is 2. The molecule has 4 nitrogen and oxygen atoms in total. The second kappa shape index (κ2) is 4.75. The molecule has 1 saturated carbocycles. The summed E-state index contributed by atoms with van der Waals surface area (Å²) < 4.78 is 0. The number of carbonyl (C=O) groups is 1. The Hall–Kier alpha value is -1.55. The summed E-state index contributed by atoms with van der Waals surface area (Å²) in [6, 6.07) is 7.42. The summed E-state index contributed by atoms with van der Waals surface area (Å²) in [5.74, 6) is 0. The molecule has 1 fully saturated rings. The maximum atomic E-state index is 11.6. The zero-order valence-corrected chi connectivity index (χ0v) is 9.99. The van der Waals surface area contributed by atoms with Crippen LogP contribution < -0.4 is 10.6 Å². The van der Waals surface area contributed by atoms with Crippen LogP contribution in [0.2, 0.25) is 0 Å². The van der Waals surface area contributed by atoms with Gasteiger partial charge in [0.25, 0.3) is 0 Å². The van der Waals surface area contributed by atoms with Gasteiger partial charge in [-0.3, -0.25) is 0 Å². The molecular weight excluding hydrogens is 216 g/mol. The van der Waals surface area contributed by atoms with E-state index in [0.717, 1.165) is 24.1 Å². The van der Waals surface area contributed by atoms with E-state index >= 15 is 0 Å². The smallest absolute Gasteiger partial charge is 0.319 e. The molecule has 4 heteroatoms. The summed E-state index contributed by atoms with van der Waals surface area (Å²) in [6.07, 6.45) is 1.99. The molecule has 1 aliphatic rings. The normalized spacial score (nSPS) is 16.4. The molecular formula is C13H18N2O2. The van der Waals surface area contributed by atoms with Crippen molar-refractivity contribution < 1.29 is 9.90 Å². The molecule has 17 heavy (non-hydrogen) atoms. The maximum Gasteiger partial charge on any atom is 0.319 e. The van der Waals surface area contributed by atoms with Gasteiger partial charge in [-0.25, -0.2) is 4.79 Å². The molecule has 0 aliphatic heterocycles. The van der Waals surface area contributed by atoms with Gasteiger partial charge >= 0.3 is 6.03 Å². The highest BCUT2D eigenvalue weighted by Gasteiger charge is 2.42. The van der Waals surface area contributed by atoms with E-state index in [1.165, 1.54) is 0 Å². The van der Waals surface area contributed by atoms with Gasteiger partial charge in [0.05, 0.1) is 6.61 Å². The maximum absolute atomic E-state index is 11.6. The van der Waals surface area contributed by atoms with E-state index in [1.807, 2.05) is 31.2 Å². The molecule has 2 rings (SSSR count). The Labute approximate surface area is 101 Å². The molecule has 0 aromatic heterocycles. The van der Waals surface area contributed by atoms with Crippen molar-refractivity contribution in [3.63, 3.8) is 0 Å². The first-order valence-electron chi connectivity index (χ1n) is 5.86. The largest absolute Gasteiger partial charge is 0.396 e. The fraction of sp³-hybridized carbons (Fsp3) is 0.462. The number of carbonyl (C=O) groups excluding carboxylic acids is 1. The molecule has 0 radical (unpaired) electrons. The minimum absolute atomic E-state index is 0.0510. The van der Waals surface area contributed by atoms with Crippen LogP contribution in [0.15, 0.2) is 24.3 Å². The summed E-state index contributed by atoms with van der Waals surface area (Å²) >= 11 is 0. The van der Waals surface area contributed by atoms with Gasteiger partial charge in [0.15, 0.2) is 0 Å². The third-order valence-corrected chi connectivity index (χ3v) is 3.23. The summed E-state index contributed by atoms with van der Waals surface area (Å²) in [4.78, 5) is 11.6. The van der Waals surface area contributed by atoms with Gasteiger partial charge in [0.1, 0.15) is 0 Å². The van der Waals surface area contributed by atoms with Crippen LogP contribution in [0.3, 0.4) is 0 Å². The molecule has 1 aliphatic carbocycles. The Kier molecular flexibility index (Phi) is 3.33. The van der Waals surface area contributed by atoms with Crippen molar-refractivity contribution in [3.8, 4) is 0 Å². The molecule has 0 bridgehead atoms. The van der Waals surface area contributed by atoms with E-state index in [0.29, 0.717) is 6.54 Å². The SMILES string of the molecule is Cc1ccc(NC(=O)NCC2(CO)CC2)cc1. The number of amides is 2. The fourth-order valence-electron chi connectivity index (χ4n) is 1.65. The molecule has 0 spiro atoms. The number of rotatable bonds is 4. The van der Waals surface area contributed by atoms with Gasteiger partial charge in [-0.2, -0.15) is 0 Å². The highest BCUT2D eigenvalue weighted by atomic mass is 16.3. The van der Waals surface area contributed by atoms with Crippen LogP contribution in [0.25, 0.3) is 0 Å². The van der Waals surface area contributed by atoms with Crippen LogP contribution in [0.5, 0.6) is 0 Å². The third-order valence-electron chi connectivity index (χ3n) is 3.23. The number of anilines is 1. The van der Waals surface area contributed by atoms with Crippen LogP contribution in [-0.2, 0) is 0 Å². The van der Waals surface area contributed by atoms with Gasteiger partial charge in [-0.15, -0.1) is 0 Å². The van der Waals surface area contributed by atoms with E-state index in [4.69, 9.17) is 5.11 Å². The van der Waals surface area contributed by atoms with Crippen molar-refractivity contribution in [2.75, 3.05) is 18.5 Å². The number of urea groups is 1. The van der Waals surface area contributed by atoms with Gasteiger partial charge in [-0.05, 0) is 31.9 Å². The fourth-order valence-corrected chi connectivity index (χ4v) is 1.65. The number of hydrogen-bond donors (Lipinski definition) is 3. The minimum Gasteiger partial charge on any atom is -0.396 e. The summed E-state index contributed by atoms with van der Waals surface area (Å²) in [5, 5.41) is 14.7. The Morgan fingerprint density at radius 3 is 2.53 bits per heavy atom. The second-order valence-electron chi connectivity index (χ2n) is 4.83. The molecule has 0 atom stereocenters. The lowest BCUT2D eigenvalue weighted by Crippen LogP contribution is -2.35. The number of aliphatic hydroxyl groups is 1. The van der Waals surface area contributed by atoms with Crippen molar-refractivity contribution in [2.24, 2.45) is 5.41 Å². The summed E-state index contributed by atoms with van der Waals surface area (Å²) in [6.45, 7) is 2.70. The highest BCUT2D eigenvalue weighted by molar-refractivity contribution is 5.89. The number of benzene rings is 1. The van der Waals surface area contributed by atoms with Gasteiger partial charge in [-0.1, -0.05) is 17.7 Å². The molecule has 2 amide bonds. The second-order valence-corrected chi connectivity index (χ2v) is 4.83. The van der Waals surface area contributed by atoms with Crippen molar-refractivity contribution in [3.05, 3.63) is 29.8 Å². The Balaban J connectivity index is 1.79. The van der Waals surface area contributed by atoms with Gasteiger partial charge < -0.3 is 15.7 Å². The van der Waals surface area contributed by atoms with E-state index in [-0.39, 0.29) is 18.1 Å². The standard InChI is InChI=1S/C13H18N2O2/c1-10-2-4-11(5-3-10)15-12(17)14-8-13(9-16)6-7-13/h2-5,16H,6-9H2,1H3,(H2,14,15,17). The van der Waals surface area contributed by atoms with Crippen molar-refractivity contribution in [2.45, 2.75) is 19.8 Å². The first-order chi connectivity index (χ1) is 8.13. The van der Waals surface area contributed by atoms with E-state index in [9.17, 15) is 4.79 Å². The van der Waals surface area contributed by atoms with Crippen LogP contribution in [0.4, 0.5) is 10.5 Å². The lowest BCUT2D eigenvalue weighted by molar-refractivity contribution is 0.206. The van der Waals surface area contributed by atoms with Crippen molar-refractivity contribution in [1.82, 2.24) is 5.32 Å². The first-order valence-corrected chi connectivity index (χ1v) is 5.86. The lowest BCUT2D eigenvalue weighted by Gasteiger charge is -2.13. The predicted molar refractivity (Wildman–Crippen MR) is 67.0 cm³/mol. The Morgan fingerprint density at radius 1 is 1.35 bits per heavy atom. The average molecular weight is 234 g/mol. The van der Waals surface area contributed by atoms with Crippen LogP contribution >= 0.6 is 0 Å². The van der Waals surface area contributed by atoms with Crippen LogP contribution in [0, 0.1) is 12.3 Å². The Morgan fingerprint density at radius 2 is 2.00 bits per heavy atom. The van der Waals surface area contributed by atoms with Gasteiger partial charge in [0, 0.05) is 17.6 Å². The average Bonchev–Trinajstić information content (AvgIpc) is 3.10.